The lowest BCUT2D eigenvalue weighted by molar-refractivity contribution is -0.583. The first kappa shape index (κ1) is 18.7. The number of carbonyl (C=O) groups is 2. The van der Waals surface area contributed by atoms with Gasteiger partial charge in [-0.25, -0.2) is 4.79 Å². The second-order valence-corrected chi connectivity index (χ2v) is 5.80. The summed E-state index contributed by atoms with van der Waals surface area (Å²) in [6, 6.07) is 0. The quantitative estimate of drug-likeness (QED) is 0.341. The van der Waals surface area contributed by atoms with Crippen LogP contribution in [0.5, 0.6) is 0 Å². The monoisotopic (exact) mass is 355 g/mol. The molecule has 1 saturated heterocycles. The molecule has 0 amide bonds. The first-order chi connectivity index (χ1) is 11.8. The number of aromatic amines is 1. The second-order valence-electron chi connectivity index (χ2n) is 5.80. The van der Waals surface area contributed by atoms with Crippen molar-refractivity contribution >= 4 is 12.6 Å². The molecule has 0 radical (unpaired) electrons. The molecule has 0 bridgehead atoms. The number of aliphatic hydroxyl groups is 1. The standard InChI is InChI=1S/C14H17N3O8/c1-8-6-16(13(22)15-11(8)21)12-9(2-4-18)14(3-5-19,17(23)24)10(7-20)25-12/h4-6,9-10,12,20H,2-3,7H2,1H3,(H,15,21,22)/t9-,10+,12+,14?/m0/s1. The molecule has 0 spiro atoms. The van der Waals surface area contributed by atoms with Gasteiger partial charge in [0.2, 0.25) is 0 Å². The van der Waals surface area contributed by atoms with Gasteiger partial charge in [0.05, 0.1) is 18.9 Å². The number of aliphatic hydroxyl groups excluding tert-OH is 1. The average Bonchev–Trinajstić information content (AvgIpc) is 2.86. The molecule has 0 saturated carbocycles. The Morgan fingerprint density at radius 2 is 2.12 bits per heavy atom. The first-order valence-corrected chi connectivity index (χ1v) is 7.43. The highest BCUT2D eigenvalue weighted by Gasteiger charge is 2.65. The van der Waals surface area contributed by atoms with E-state index < -0.39 is 53.0 Å². The number of rotatable bonds is 7. The largest absolute Gasteiger partial charge is 0.393 e. The Labute approximate surface area is 140 Å². The summed E-state index contributed by atoms with van der Waals surface area (Å²) in [6.45, 7) is 0.645. The van der Waals surface area contributed by atoms with Crippen molar-refractivity contribution in [2.45, 2.75) is 37.6 Å². The first-order valence-electron chi connectivity index (χ1n) is 7.43. The summed E-state index contributed by atoms with van der Waals surface area (Å²) in [4.78, 5) is 58.8. The van der Waals surface area contributed by atoms with Gasteiger partial charge in [-0.05, 0) is 6.92 Å². The van der Waals surface area contributed by atoms with Crippen molar-refractivity contribution in [2.75, 3.05) is 6.61 Å². The lowest BCUT2D eigenvalue weighted by Gasteiger charge is -2.27. The Bertz CT molecular complexity index is 800. The summed E-state index contributed by atoms with van der Waals surface area (Å²) in [6.07, 6.45) is -1.77. The third kappa shape index (κ3) is 2.91. The van der Waals surface area contributed by atoms with Gasteiger partial charge in [0, 0.05) is 23.1 Å². The van der Waals surface area contributed by atoms with Gasteiger partial charge in [-0.15, -0.1) is 0 Å². The number of hydrogen-bond donors (Lipinski definition) is 2. The summed E-state index contributed by atoms with van der Waals surface area (Å²) < 4.78 is 6.43. The minimum Gasteiger partial charge on any atom is -0.393 e. The molecular formula is C14H17N3O8. The van der Waals surface area contributed by atoms with Crippen LogP contribution in [0, 0.1) is 23.0 Å². The molecule has 25 heavy (non-hydrogen) atoms. The maximum Gasteiger partial charge on any atom is 0.330 e. The van der Waals surface area contributed by atoms with Crippen LogP contribution in [0.1, 0.15) is 24.6 Å². The summed E-state index contributed by atoms with van der Waals surface area (Å²) in [7, 11) is 0. The predicted octanol–water partition coefficient (Wildman–Crippen LogP) is -1.46. The molecule has 2 heterocycles. The van der Waals surface area contributed by atoms with Crippen LogP contribution in [-0.2, 0) is 14.3 Å². The number of hydrogen-bond acceptors (Lipinski definition) is 8. The zero-order valence-corrected chi connectivity index (χ0v) is 13.3. The number of nitrogens with one attached hydrogen (secondary N) is 1. The summed E-state index contributed by atoms with van der Waals surface area (Å²) >= 11 is 0. The minimum absolute atomic E-state index is 0.155. The number of ether oxygens (including phenoxy) is 1. The van der Waals surface area contributed by atoms with Gasteiger partial charge in [0.15, 0.2) is 6.10 Å². The fraction of sp³-hybridized carbons (Fsp3) is 0.571. The Morgan fingerprint density at radius 3 is 2.64 bits per heavy atom. The molecule has 1 fully saturated rings. The number of H-pyrrole nitrogens is 1. The fourth-order valence-electron chi connectivity index (χ4n) is 3.27. The maximum atomic E-state index is 12.1. The van der Waals surface area contributed by atoms with Gasteiger partial charge >= 0.3 is 5.69 Å². The van der Waals surface area contributed by atoms with Gasteiger partial charge in [-0.1, -0.05) is 0 Å². The van der Waals surface area contributed by atoms with Crippen molar-refractivity contribution in [2.24, 2.45) is 5.92 Å². The van der Waals surface area contributed by atoms with Crippen LogP contribution >= 0.6 is 0 Å². The molecular weight excluding hydrogens is 338 g/mol. The van der Waals surface area contributed by atoms with E-state index in [-0.39, 0.29) is 12.0 Å². The molecule has 4 atom stereocenters. The highest BCUT2D eigenvalue weighted by Crippen LogP contribution is 2.46. The molecule has 2 N–H and O–H groups in total. The van der Waals surface area contributed by atoms with Gasteiger partial charge in [0.25, 0.3) is 11.1 Å². The predicted molar refractivity (Wildman–Crippen MR) is 81.6 cm³/mol. The number of aromatic nitrogens is 2. The molecule has 1 aromatic heterocycles. The number of nitrogens with zero attached hydrogens (tertiary/aromatic N) is 2. The van der Waals surface area contributed by atoms with E-state index in [2.05, 4.69) is 0 Å². The second kappa shape index (κ2) is 7.07. The molecule has 1 aromatic rings. The molecule has 1 aliphatic heterocycles. The van der Waals surface area contributed by atoms with Gasteiger partial charge < -0.3 is 19.4 Å². The summed E-state index contributed by atoms with van der Waals surface area (Å²) in [5, 5.41) is 21.3. The van der Waals surface area contributed by atoms with Gasteiger partial charge in [-0.2, -0.15) is 0 Å². The lowest BCUT2D eigenvalue weighted by Crippen LogP contribution is -2.53. The van der Waals surface area contributed by atoms with Crippen molar-refractivity contribution in [1.29, 1.82) is 0 Å². The van der Waals surface area contributed by atoms with Crippen molar-refractivity contribution in [3.63, 3.8) is 0 Å². The Kier molecular flexibility index (Phi) is 5.28. The molecule has 2 rings (SSSR count). The normalized spacial score (nSPS) is 28.6. The van der Waals surface area contributed by atoms with Crippen LogP contribution in [0.15, 0.2) is 15.8 Å². The van der Waals surface area contributed by atoms with Crippen molar-refractivity contribution in [3.05, 3.63) is 42.7 Å². The number of aldehydes is 2. The minimum atomic E-state index is -2.06. The van der Waals surface area contributed by atoms with Crippen LogP contribution in [0.25, 0.3) is 0 Å². The molecule has 1 aliphatic rings. The fourth-order valence-corrected chi connectivity index (χ4v) is 3.27. The molecule has 0 aromatic carbocycles. The van der Waals surface area contributed by atoms with E-state index in [1.54, 1.807) is 0 Å². The van der Waals surface area contributed by atoms with Crippen LogP contribution in [0.4, 0.5) is 0 Å². The Balaban J connectivity index is 2.67. The lowest BCUT2D eigenvalue weighted by atomic mass is 9.77. The van der Waals surface area contributed by atoms with Crippen LogP contribution in [-0.4, -0.2) is 50.4 Å². The molecule has 136 valence electrons. The third-order valence-corrected chi connectivity index (χ3v) is 4.53. The van der Waals surface area contributed by atoms with E-state index in [4.69, 9.17) is 4.74 Å². The van der Waals surface area contributed by atoms with Gasteiger partial charge in [-0.3, -0.25) is 24.5 Å². The average molecular weight is 355 g/mol. The van der Waals surface area contributed by atoms with E-state index in [1.165, 1.54) is 6.92 Å². The topological polar surface area (TPSA) is 162 Å². The third-order valence-electron chi connectivity index (χ3n) is 4.53. The van der Waals surface area contributed by atoms with Crippen LogP contribution < -0.4 is 11.2 Å². The van der Waals surface area contributed by atoms with Crippen LogP contribution in [0.3, 0.4) is 0 Å². The molecule has 11 heteroatoms. The van der Waals surface area contributed by atoms with E-state index in [0.717, 1.165) is 10.8 Å². The Morgan fingerprint density at radius 1 is 1.44 bits per heavy atom. The number of carbonyl (C=O) groups excluding carboxylic acids is 2. The van der Waals surface area contributed by atoms with E-state index in [1.807, 2.05) is 4.98 Å². The SMILES string of the molecule is Cc1cn([C@@H]2O[C@H](CO)C(CC=O)([N+](=O)[O-])[C@H]2CC=O)c(=O)[nH]c1=O. The highest BCUT2D eigenvalue weighted by atomic mass is 16.6. The Hall–Kier alpha value is -2.66. The van der Waals surface area contributed by atoms with Crippen LogP contribution in [0.2, 0.25) is 0 Å². The van der Waals surface area contributed by atoms with Gasteiger partial charge in [0.1, 0.15) is 18.8 Å². The maximum absolute atomic E-state index is 12.1. The van der Waals surface area contributed by atoms with E-state index >= 15 is 0 Å². The zero-order chi connectivity index (χ0) is 18.8. The van der Waals surface area contributed by atoms with Crippen molar-refractivity contribution in [1.82, 2.24) is 9.55 Å². The number of aryl methyl sites for hydroxylation is 1. The molecule has 1 unspecified atom stereocenters. The summed E-state index contributed by atoms with van der Waals surface area (Å²) in [5.74, 6) is -1.19. The van der Waals surface area contributed by atoms with E-state index in [9.17, 15) is 34.4 Å². The molecule has 11 nitrogen and oxygen atoms in total. The highest BCUT2D eigenvalue weighted by molar-refractivity contribution is 5.54. The van der Waals surface area contributed by atoms with Crippen molar-refractivity contribution < 1.29 is 24.4 Å². The summed E-state index contributed by atoms with van der Waals surface area (Å²) in [5.41, 5.74) is -3.41. The number of nitro groups is 1. The van der Waals surface area contributed by atoms with E-state index in [0.29, 0.717) is 12.6 Å². The zero-order valence-electron chi connectivity index (χ0n) is 13.3. The van der Waals surface area contributed by atoms with Crippen molar-refractivity contribution in [3.8, 4) is 0 Å². The molecule has 0 aliphatic carbocycles. The smallest absolute Gasteiger partial charge is 0.330 e.